The van der Waals surface area contributed by atoms with E-state index in [9.17, 15) is 4.79 Å². The van der Waals surface area contributed by atoms with Crippen molar-refractivity contribution in [2.75, 3.05) is 50.4 Å². The number of carbonyl (C=O) groups is 1. The number of nitrogens with one attached hydrogen (secondary N) is 2. The first-order valence-electron chi connectivity index (χ1n) is 10.2. The maximum atomic E-state index is 12.6. The van der Waals surface area contributed by atoms with Crippen molar-refractivity contribution in [2.45, 2.75) is 0 Å². The van der Waals surface area contributed by atoms with Crippen LogP contribution in [0.5, 0.6) is 0 Å². The molecule has 1 aromatic heterocycles. The predicted molar refractivity (Wildman–Crippen MR) is 123 cm³/mol. The molecule has 0 spiro atoms. The second-order valence-corrected chi connectivity index (χ2v) is 7.63. The third kappa shape index (κ3) is 5.16. The van der Waals surface area contributed by atoms with Gasteiger partial charge >= 0.3 is 6.03 Å². The molecule has 0 radical (unpaired) electrons. The molecule has 2 amide bonds. The summed E-state index contributed by atoms with van der Waals surface area (Å²) in [7, 11) is 0. The topological polar surface area (TPSA) is 97.4 Å². The maximum absolute atomic E-state index is 12.6. The van der Waals surface area contributed by atoms with Crippen LogP contribution in [0.3, 0.4) is 0 Å². The fraction of sp³-hybridized carbons (Fsp3) is 0.273. The number of nitrogens with zero attached hydrogens (tertiary/aromatic N) is 3. The minimum atomic E-state index is -0.331. The van der Waals surface area contributed by atoms with Crippen molar-refractivity contribution in [1.82, 2.24) is 20.0 Å². The molecule has 0 unspecified atom stereocenters. The first-order chi connectivity index (χ1) is 15.1. The van der Waals surface area contributed by atoms with Crippen LogP contribution in [0.4, 0.5) is 16.3 Å². The molecule has 1 fully saturated rings. The molecular weight excluding hydrogens is 416 g/mol. The van der Waals surface area contributed by atoms with Crippen molar-refractivity contribution in [3.8, 4) is 16.9 Å². The lowest BCUT2D eigenvalue weighted by Crippen LogP contribution is -2.42. The van der Waals surface area contributed by atoms with Crippen LogP contribution in [0.2, 0.25) is 5.02 Å². The van der Waals surface area contributed by atoms with Gasteiger partial charge in [-0.25, -0.2) is 9.48 Å². The van der Waals surface area contributed by atoms with Crippen LogP contribution in [0, 0.1) is 0 Å². The number of nitrogen functional groups attached to an aromatic ring is 1. The van der Waals surface area contributed by atoms with E-state index < -0.39 is 0 Å². The van der Waals surface area contributed by atoms with Gasteiger partial charge in [0.25, 0.3) is 0 Å². The van der Waals surface area contributed by atoms with Gasteiger partial charge in [-0.15, -0.1) is 0 Å². The molecule has 1 aliphatic heterocycles. The Morgan fingerprint density at radius 2 is 1.81 bits per heavy atom. The zero-order valence-corrected chi connectivity index (χ0v) is 17.8. The average Bonchev–Trinajstić information content (AvgIpc) is 3.12. The van der Waals surface area contributed by atoms with Gasteiger partial charge in [0, 0.05) is 36.8 Å². The second kappa shape index (κ2) is 9.82. The van der Waals surface area contributed by atoms with Crippen molar-refractivity contribution in [1.29, 1.82) is 0 Å². The first-order valence-corrected chi connectivity index (χ1v) is 10.5. The van der Waals surface area contributed by atoms with E-state index in [1.54, 1.807) is 16.8 Å². The van der Waals surface area contributed by atoms with Gasteiger partial charge in [0.2, 0.25) is 0 Å². The molecular formula is C22H25ClN6O2. The Balaban J connectivity index is 1.54. The average molecular weight is 441 g/mol. The summed E-state index contributed by atoms with van der Waals surface area (Å²) in [6.07, 6.45) is 0. The van der Waals surface area contributed by atoms with Crippen molar-refractivity contribution < 1.29 is 9.53 Å². The van der Waals surface area contributed by atoms with Crippen LogP contribution in [-0.2, 0) is 4.74 Å². The van der Waals surface area contributed by atoms with E-state index in [1.807, 2.05) is 42.5 Å². The number of amides is 2. The summed E-state index contributed by atoms with van der Waals surface area (Å²) in [5.41, 5.74) is 9.03. The summed E-state index contributed by atoms with van der Waals surface area (Å²) in [4.78, 5) is 14.9. The lowest BCUT2D eigenvalue weighted by Gasteiger charge is -2.26. The van der Waals surface area contributed by atoms with E-state index in [2.05, 4.69) is 20.6 Å². The maximum Gasteiger partial charge on any atom is 0.319 e. The van der Waals surface area contributed by atoms with Gasteiger partial charge in [-0.05, 0) is 24.3 Å². The molecule has 31 heavy (non-hydrogen) atoms. The minimum Gasteiger partial charge on any atom is -0.382 e. The SMILES string of the molecule is Nc1c(NC(=O)NCCN2CCOCC2)c(-c2ccc(Cl)cc2)nn1-c1ccccc1. The van der Waals surface area contributed by atoms with Gasteiger partial charge in [0.1, 0.15) is 11.4 Å². The quantitative estimate of drug-likeness (QED) is 0.546. The van der Waals surface area contributed by atoms with Crippen LogP contribution >= 0.6 is 11.6 Å². The van der Waals surface area contributed by atoms with Crippen molar-refractivity contribution in [2.24, 2.45) is 0 Å². The number of ether oxygens (including phenoxy) is 1. The highest BCUT2D eigenvalue weighted by molar-refractivity contribution is 6.30. The van der Waals surface area contributed by atoms with Crippen molar-refractivity contribution >= 4 is 29.1 Å². The molecule has 3 aromatic rings. The molecule has 0 saturated carbocycles. The number of nitrogens with two attached hydrogens (primary N) is 1. The number of hydrogen-bond acceptors (Lipinski definition) is 5. The van der Waals surface area contributed by atoms with Crippen molar-refractivity contribution in [3.05, 3.63) is 59.6 Å². The predicted octanol–water partition coefficient (Wildman–Crippen LogP) is 3.23. The zero-order chi connectivity index (χ0) is 21.6. The number of morpholine rings is 1. The summed E-state index contributed by atoms with van der Waals surface area (Å²) < 4.78 is 6.97. The molecule has 4 rings (SSSR count). The minimum absolute atomic E-state index is 0.331. The Morgan fingerprint density at radius 3 is 2.52 bits per heavy atom. The Labute approximate surface area is 185 Å². The Morgan fingerprint density at radius 1 is 1.10 bits per heavy atom. The number of anilines is 2. The second-order valence-electron chi connectivity index (χ2n) is 7.20. The number of urea groups is 1. The molecule has 8 nitrogen and oxygen atoms in total. The Bertz CT molecular complexity index is 1020. The number of para-hydroxylation sites is 1. The van der Waals surface area contributed by atoms with E-state index in [0.717, 1.165) is 44.1 Å². The zero-order valence-electron chi connectivity index (χ0n) is 17.1. The smallest absolute Gasteiger partial charge is 0.319 e. The number of carbonyl (C=O) groups excluding carboxylic acids is 1. The summed E-state index contributed by atoms with van der Waals surface area (Å²) in [5.74, 6) is 0.347. The highest BCUT2D eigenvalue weighted by Gasteiger charge is 2.20. The highest BCUT2D eigenvalue weighted by Crippen LogP contribution is 2.34. The molecule has 162 valence electrons. The van der Waals surface area contributed by atoms with Gasteiger partial charge in [0.15, 0.2) is 5.82 Å². The number of benzene rings is 2. The molecule has 1 aliphatic rings. The van der Waals surface area contributed by atoms with E-state index >= 15 is 0 Å². The molecule has 1 saturated heterocycles. The third-order valence-electron chi connectivity index (χ3n) is 5.10. The lowest BCUT2D eigenvalue weighted by molar-refractivity contribution is 0.0388. The molecule has 0 bridgehead atoms. The molecule has 9 heteroatoms. The van der Waals surface area contributed by atoms with Gasteiger partial charge < -0.3 is 21.1 Å². The molecule has 2 aromatic carbocycles. The van der Waals surface area contributed by atoms with Gasteiger partial charge in [-0.1, -0.05) is 41.9 Å². The van der Waals surface area contributed by atoms with Gasteiger partial charge in [-0.2, -0.15) is 5.10 Å². The fourth-order valence-electron chi connectivity index (χ4n) is 3.44. The highest BCUT2D eigenvalue weighted by atomic mass is 35.5. The van der Waals surface area contributed by atoms with E-state index in [-0.39, 0.29) is 6.03 Å². The number of halogens is 1. The Hall–Kier alpha value is -3.07. The number of rotatable bonds is 6. The normalized spacial score (nSPS) is 14.4. The van der Waals surface area contributed by atoms with Crippen molar-refractivity contribution in [3.63, 3.8) is 0 Å². The summed E-state index contributed by atoms with van der Waals surface area (Å²) in [6.45, 7) is 4.49. The first kappa shape index (κ1) is 21.2. The summed E-state index contributed by atoms with van der Waals surface area (Å²) in [5, 5.41) is 11.1. The molecule has 0 aliphatic carbocycles. The van der Waals surface area contributed by atoms with E-state index in [0.29, 0.717) is 28.8 Å². The standard InChI is InChI=1S/C22H25ClN6O2/c23-17-8-6-16(7-9-17)19-20(21(24)29(27-19)18-4-2-1-3-5-18)26-22(30)25-10-11-28-12-14-31-15-13-28/h1-9H,10-15,24H2,(H2,25,26,30). The monoisotopic (exact) mass is 440 g/mol. The van der Waals surface area contributed by atoms with Crippen LogP contribution < -0.4 is 16.4 Å². The lowest BCUT2D eigenvalue weighted by atomic mass is 10.1. The van der Waals surface area contributed by atoms with Crippen LogP contribution in [0.1, 0.15) is 0 Å². The number of hydrogen-bond donors (Lipinski definition) is 3. The molecule has 2 heterocycles. The largest absolute Gasteiger partial charge is 0.382 e. The summed E-state index contributed by atoms with van der Waals surface area (Å²) in [6, 6.07) is 16.5. The summed E-state index contributed by atoms with van der Waals surface area (Å²) >= 11 is 6.04. The van der Waals surface area contributed by atoms with E-state index in [1.165, 1.54) is 0 Å². The molecule has 0 atom stereocenters. The van der Waals surface area contributed by atoms with E-state index in [4.69, 9.17) is 22.1 Å². The van der Waals surface area contributed by atoms with Crippen LogP contribution in [-0.4, -0.2) is 60.1 Å². The third-order valence-corrected chi connectivity index (χ3v) is 5.35. The number of aromatic nitrogens is 2. The van der Waals surface area contributed by atoms with Crippen LogP contribution in [0.25, 0.3) is 16.9 Å². The van der Waals surface area contributed by atoms with Crippen LogP contribution in [0.15, 0.2) is 54.6 Å². The van der Waals surface area contributed by atoms with Gasteiger partial charge in [0.05, 0.1) is 18.9 Å². The Kier molecular flexibility index (Phi) is 6.71. The van der Waals surface area contributed by atoms with Gasteiger partial charge in [-0.3, -0.25) is 4.90 Å². The fourth-order valence-corrected chi connectivity index (χ4v) is 3.57. The molecule has 4 N–H and O–H groups in total.